The normalized spacial score (nSPS) is 30.2. The summed E-state index contributed by atoms with van der Waals surface area (Å²) in [6.45, 7) is 4.47. The summed E-state index contributed by atoms with van der Waals surface area (Å²) in [5, 5.41) is 9.11. The Morgan fingerprint density at radius 3 is 2.50 bits per heavy atom. The molecule has 5 atom stereocenters. The number of carbonyl (C=O) groups is 2. The van der Waals surface area contributed by atoms with Crippen LogP contribution in [0.1, 0.15) is 50.7 Å². The summed E-state index contributed by atoms with van der Waals surface area (Å²) in [6, 6.07) is 19.3. The van der Waals surface area contributed by atoms with E-state index in [0.29, 0.717) is 18.3 Å². The molecular formula is C28H34N2O4. The largest absolute Gasteiger partial charge is 0.482 e. The van der Waals surface area contributed by atoms with Gasteiger partial charge in [0.2, 0.25) is 5.91 Å². The van der Waals surface area contributed by atoms with Gasteiger partial charge in [-0.2, -0.15) is 0 Å². The van der Waals surface area contributed by atoms with Crippen molar-refractivity contribution >= 4 is 11.9 Å². The Labute approximate surface area is 201 Å². The van der Waals surface area contributed by atoms with Gasteiger partial charge in [-0.05, 0) is 43.7 Å². The van der Waals surface area contributed by atoms with E-state index in [-0.39, 0.29) is 36.1 Å². The van der Waals surface area contributed by atoms with E-state index in [9.17, 15) is 9.59 Å². The van der Waals surface area contributed by atoms with Gasteiger partial charge in [0.1, 0.15) is 5.75 Å². The monoisotopic (exact) mass is 462 g/mol. The number of piperidine rings is 1. The number of nitrogens with zero attached hydrogens (tertiary/aromatic N) is 2. The molecule has 34 heavy (non-hydrogen) atoms. The van der Waals surface area contributed by atoms with Crippen molar-refractivity contribution in [3.63, 3.8) is 0 Å². The predicted molar refractivity (Wildman–Crippen MR) is 130 cm³/mol. The van der Waals surface area contributed by atoms with Gasteiger partial charge < -0.3 is 14.7 Å². The first kappa shape index (κ1) is 22.9. The molecule has 0 spiro atoms. The summed E-state index contributed by atoms with van der Waals surface area (Å²) in [5.74, 6) is -0.170. The Hall–Kier alpha value is -2.86. The molecule has 1 amide bonds. The molecule has 180 valence electrons. The number of amides is 1. The molecule has 2 bridgehead atoms. The summed E-state index contributed by atoms with van der Waals surface area (Å²) in [4.78, 5) is 29.0. The summed E-state index contributed by atoms with van der Waals surface area (Å²) in [7, 11) is 0. The van der Waals surface area contributed by atoms with Crippen LogP contribution in [0.4, 0.5) is 0 Å². The molecule has 1 saturated carbocycles. The maximum absolute atomic E-state index is 13.1. The van der Waals surface area contributed by atoms with Gasteiger partial charge in [0.15, 0.2) is 6.61 Å². The minimum absolute atomic E-state index is 0.0681. The zero-order valence-electron chi connectivity index (χ0n) is 20.0. The van der Waals surface area contributed by atoms with Crippen molar-refractivity contribution in [1.82, 2.24) is 9.80 Å². The summed E-state index contributed by atoms with van der Waals surface area (Å²) in [6.07, 6.45) is 5.25. The number of hydrogen-bond acceptors (Lipinski definition) is 4. The average Bonchev–Trinajstić information content (AvgIpc) is 3.10. The molecule has 5 rings (SSSR count). The topological polar surface area (TPSA) is 70.1 Å². The van der Waals surface area contributed by atoms with Gasteiger partial charge in [-0.3, -0.25) is 9.69 Å². The number of rotatable bonds is 7. The van der Waals surface area contributed by atoms with Crippen LogP contribution in [-0.2, 0) is 22.6 Å². The average molecular weight is 463 g/mol. The second-order valence-electron chi connectivity index (χ2n) is 10.4. The molecule has 2 aromatic carbocycles. The number of fused-ring (bicyclic) bond motifs is 1. The fraction of sp³-hybridized carbons (Fsp3) is 0.500. The second-order valence-corrected chi connectivity index (χ2v) is 10.4. The van der Waals surface area contributed by atoms with Crippen molar-refractivity contribution in [2.75, 3.05) is 6.61 Å². The van der Waals surface area contributed by atoms with Gasteiger partial charge >= 0.3 is 5.97 Å². The van der Waals surface area contributed by atoms with E-state index in [0.717, 1.165) is 37.7 Å². The highest BCUT2D eigenvalue weighted by atomic mass is 16.5. The van der Waals surface area contributed by atoms with E-state index in [2.05, 4.69) is 41.0 Å². The van der Waals surface area contributed by atoms with Crippen LogP contribution in [0.15, 0.2) is 54.6 Å². The highest BCUT2D eigenvalue weighted by Crippen LogP contribution is 2.57. The van der Waals surface area contributed by atoms with Crippen LogP contribution in [0.5, 0.6) is 5.75 Å². The summed E-state index contributed by atoms with van der Waals surface area (Å²) >= 11 is 0. The molecule has 2 saturated heterocycles. The third-order valence-corrected chi connectivity index (χ3v) is 8.42. The first-order chi connectivity index (χ1) is 16.4. The van der Waals surface area contributed by atoms with E-state index in [4.69, 9.17) is 9.84 Å². The van der Waals surface area contributed by atoms with E-state index in [1.54, 1.807) is 6.92 Å². The Balaban J connectivity index is 1.51. The van der Waals surface area contributed by atoms with Crippen LogP contribution >= 0.6 is 0 Å². The third-order valence-electron chi connectivity index (χ3n) is 8.42. The number of carbonyl (C=O) groups excluding carboxylic acids is 1. The quantitative estimate of drug-likeness (QED) is 0.670. The number of likely N-dealkylation sites (tertiary alicyclic amines) is 2. The van der Waals surface area contributed by atoms with Crippen molar-refractivity contribution in [3.05, 3.63) is 65.7 Å². The lowest BCUT2D eigenvalue weighted by atomic mass is 9.64. The molecule has 0 radical (unpaired) electrons. The number of ether oxygens (including phenoxy) is 1. The molecule has 0 aromatic heterocycles. The van der Waals surface area contributed by atoms with Gasteiger partial charge in [-0.25, -0.2) is 4.79 Å². The van der Waals surface area contributed by atoms with Crippen LogP contribution in [0.3, 0.4) is 0 Å². The van der Waals surface area contributed by atoms with Gasteiger partial charge in [0.05, 0.1) is 6.04 Å². The van der Waals surface area contributed by atoms with Gasteiger partial charge in [-0.1, -0.05) is 55.5 Å². The van der Waals surface area contributed by atoms with Gasteiger partial charge in [0, 0.05) is 42.6 Å². The van der Waals surface area contributed by atoms with Crippen LogP contribution in [0.25, 0.3) is 0 Å². The molecule has 0 unspecified atom stereocenters. The molecule has 1 N–H and O–H groups in total. The fourth-order valence-corrected chi connectivity index (χ4v) is 7.11. The molecule has 3 fully saturated rings. The maximum Gasteiger partial charge on any atom is 0.341 e. The number of carboxylic acid groups (broad SMARTS) is 1. The third kappa shape index (κ3) is 3.98. The highest BCUT2D eigenvalue weighted by molar-refractivity contribution is 5.75. The molecular weight excluding hydrogens is 428 g/mol. The lowest BCUT2D eigenvalue weighted by Crippen LogP contribution is -2.62. The molecule has 2 heterocycles. The van der Waals surface area contributed by atoms with Crippen LogP contribution < -0.4 is 4.74 Å². The minimum atomic E-state index is -0.977. The van der Waals surface area contributed by atoms with Gasteiger partial charge in [-0.15, -0.1) is 0 Å². The molecule has 6 nitrogen and oxygen atoms in total. The Bertz CT molecular complexity index is 1060. The maximum atomic E-state index is 13.1. The number of hydrogen-bond donors (Lipinski definition) is 1. The molecule has 2 aromatic rings. The second kappa shape index (κ2) is 9.06. The first-order valence-corrected chi connectivity index (χ1v) is 12.4. The molecule has 3 aliphatic rings. The van der Waals surface area contributed by atoms with Crippen molar-refractivity contribution in [3.8, 4) is 5.75 Å². The van der Waals surface area contributed by atoms with Crippen LogP contribution in [0.2, 0.25) is 0 Å². The number of benzene rings is 2. The van der Waals surface area contributed by atoms with Crippen molar-refractivity contribution in [1.29, 1.82) is 0 Å². The van der Waals surface area contributed by atoms with Crippen LogP contribution in [-0.4, -0.2) is 57.6 Å². The molecule has 2 aliphatic heterocycles. The fourth-order valence-electron chi connectivity index (χ4n) is 7.11. The lowest BCUT2D eigenvalue weighted by Gasteiger charge is -2.53. The van der Waals surface area contributed by atoms with Gasteiger partial charge in [0.25, 0.3) is 0 Å². The van der Waals surface area contributed by atoms with Crippen LogP contribution in [0, 0.1) is 5.41 Å². The molecule has 1 aliphatic carbocycles. The Morgan fingerprint density at radius 2 is 1.76 bits per heavy atom. The van der Waals surface area contributed by atoms with E-state index >= 15 is 0 Å². The Kier molecular flexibility index (Phi) is 6.11. The van der Waals surface area contributed by atoms with E-state index < -0.39 is 5.97 Å². The number of aliphatic carboxylic acids is 1. The highest BCUT2D eigenvalue weighted by Gasteiger charge is 2.63. The Morgan fingerprint density at radius 1 is 1.06 bits per heavy atom. The predicted octanol–water partition coefficient (Wildman–Crippen LogP) is 4.13. The number of para-hydroxylation sites is 1. The van der Waals surface area contributed by atoms with E-state index in [1.807, 2.05) is 30.3 Å². The van der Waals surface area contributed by atoms with Crippen molar-refractivity contribution in [2.24, 2.45) is 5.41 Å². The summed E-state index contributed by atoms with van der Waals surface area (Å²) < 4.78 is 5.64. The first-order valence-electron chi connectivity index (χ1n) is 12.4. The van der Waals surface area contributed by atoms with Crippen molar-refractivity contribution < 1.29 is 19.4 Å². The lowest BCUT2D eigenvalue weighted by molar-refractivity contribution is -0.142. The SMILES string of the molecule is CC(=O)N1[C@@H](Cc2ccccc2)[C@@H]2C[C@@]3(C)[C@H](CCC[C@@H]13)N2Cc1ccccc1OCC(=O)O. The smallest absolute Gasteiger partial charge is 0.341 e. The zero-order chi connectivity index (χ0) is 23.9. The minimum Gasteiger partial charge on any atom is -0.482 e. The molecule has 6 heteroatoms. The standard InChI is InChI=1S/C28H34N2O4/c1-19(31)30-22(15-20-9-4-3-5-10-20)23-16-28(2)25(13-8-14-26(28)30)29(23)17-21-11-6-7-12-24(21)34-18-27(32)33/h3-7,9-12,22-23,25-26H,8,13-18H2,1-2H3,(H,32,33)/t22-,23-,25-,26+,28-/m0/s1. The zero-order valence-corrected chi connectivity index (χ0v) is 20.0. The van der Waals surface area contributed by atoms with Crippen molar-refractivity contribution in [2.45, 2.75) is 76.7 Å². The summed E-state index contributed by atoms with van der Waals surface area (Å²) in [5.41, 5.74) is 2.34. The van der Waals surface area contributed by atoms with E-state index in [1.165, 1.54) is 5.56 Å². The number of carboxylic acids is 1.